The van der Waals surface area contributed by atoms with Gasteiger partial charge in [0.1, 0.15) is 0 Å². The van der Waals surface area contributed by atoms with Gasteiger partial charge in [0, 0.05) is 18.2 Å². The van der Waals surface area contributed by atoms with Crippen molar-refractivity contribution in [3.63, 3.8) is 0 Å². The smallest absolute Gasteiger partial charge is 0.165 e. The summed E-state index contributed by atoms with van der Waals surface area (Å²) in [7, 11) is 0. The van der Waals surface area contributed by atoms with Crippen LogP contribution in [0.5, 0.6) is 11.5 Å². The summed E-state index contributed by atoms with van der Waals surface area (Å²) in [6.07, 6.45) is 3.86. The fourth-order valence-corrected chi connectivity index (χ4v) is 1.85. The maximum Gasteiger partial charge on any atom is 0.165 e. The van der Waals surface area contributed by atoms with Gasteiger partial charge in [0.15, 0.2) is 11.5 Å². The average molecular weight is 277 g/mol. The van der Waals surface area contributed by atoms with Gasteiger partial charge in [-0.1, -0.05) is 32.1 Å². The van der Waals surface area contributed by atoms with Crippen LogP contribution in [0.25, 0.3) is 0 Å². The molecule has 0 fully saturated rings. The van der Waals surface area contributed by atoms with E-state index >= 15 is 0 Å². The number of hydrogen-bond acceptors (Lipinski definition) is 3. The van der Waals surface area contributed by atoms with Crippen LogP contribution in [0.4, 0.5) is 0 Å². The molecule has 0 heterocycles. The minimum atomic E-state index is 0.444. The number of ether oxygens (including phenoxy) is 2. The Balaban J connectivity index is 2.78. The summed E-state index contributed by atoms with van der Waals surface area (Å²) >= 11 is 0. The van der Waals surface area contributed by atoms with E-state index in [9.17, 15) is 0 Å². The van der Waals surface area contributed by atoms with Crippen LogP contribution >= 0.6 is 0 Å². The van der Waals surface area contributed by atoms with E-state index in [1.807, 2.05) is 25.1 Å². The molecule has 3 heteroatoms. The van der Waals surface area contributed by atoms with Gasteiger partial charge in [0.05, 0.1) is 13.2 Å². The maximum atomic E-state index is 5.94. The Bertz CT molecular complexity index is 402. The molecule has 1 aromatic rings. The van der Waals surface area contributed by atoms with E-state index in [2.05, 4.69) is 31.8 Å². The largest absolute Gasteiger partial charge is 0.490 e. The van der Waals surface area contributed by atoms with Crippen molar-refractivity contribution >= 4 is 0 Å². The Kier molecular flexibility index (Phi) is 7.81. The first-order valence-electron chi connectivity index (χ1n) is 7.40. The van der Waals surface area contributed by atoms with Crippen LogP contribution in [0.1, 0.15) is 39.2 Å². The summed E-state index contributed by atoms with van der Waals surface area (Å²) in [5, 5.41) is 3.42. The molecule has 0 atom stereocenters. The fourth-order valence-electron chi connectivity index (χ4n) is 1.85. The van der Waals surface area contributed by atoms with Crippen molar-refractivity contribution in [1.29, 1.82) is 0 Å². The first-order valence-corrected chi connectivity index (χ1v) is 7.40. The number of rotatable bonds is 10. The predicted molar refractivity (Wildman–Crippen MR) is 84.5 cm³/mol. The molecule has 0 bridgehead atoms. The number of nitrogens with one attached hydrogen (secondary N) is 1. The zero-order valence-corrected chi connectivity index (χ0v) is 12.9. The van der Waals surface area contributed by atoms with Gasteiger partial charge in [-0.25, -0.2) is 0 Å². The summed E-state index contributed by atoms with van der Waals surface area (Å²) < 4.78 is 11.6. The number of allylic oxidation sites excluding steroid dienone is 1. The SMILES string of the molecule is C=CCCCOc1c(CNC(C)C)cccc1OCC. The summed E-state index contributed by atoms with van der Waals surface area (Å²) in [6, 6.07) is 6.50. The lowest BCUT2D eigenvalue weighted by atomic mass is 10.1. The summed E-state index contributed by atoms with van der Waals surface area (Å²) in [5.41, 5.74) is 1.14. The molecule has 0 aliphatic carbocycles. The third-order valence-electron chi connectivity index (χ3n) is 2.86. The average Bonchev–Trinajstić information content (AvgIpc) is 2.43. The van der Waals surface area contributed by atoms with Crippen molar-refractivity contribution < 1.29 is 9.47 Å². The van der Waals surface area contributed by atoms with Gasteiger partial charge >= 0.3 is 0 Å². The molecule has 0 spiro atoms. The Hall–Kier alpha value is -1.48. The van der Waals surface area contributed by atoms with Crippen LogP contribution in [0.3, 0.4) is 0 Å². The van der Waals surface area contributed by atoms with E-state index < -0.39 is 0 Å². The van der Waals surface area contributed by atoms with Crippen molar-refractivity contribution in [1.82, 2.24) is 5.32 Å². The fraction of sp³-hybridized carbons (Fsp3) is 0.529. The third-order valence-corrected chi connectivity index (χ3v) is 2.86. The molecule has 0 aliphatic heterocycles. The van der Waals surface area contributed by atoms with Crippen molar-refractivity contribution in [2.75, 3.05) is 13.2 Å². The number of hydrogen-bond donors (Lipinski definition) is 1. The van der Waals surface area contributed by atoms with Gasteiger partial charge in [-0.3, -0.25) is 0 Å². The van der Waals surface area contributed by atoms with Gasteiger partial charge in [-0.05, 0) is 25.8 Å². The molecule has 0 amide bonds. The van der Waals surface area contributed by atoms with Gasteiger partial charge in [0.25, 0.3) is 0 Å². The first-order chi connectivity index (χ1) is 9.69. The number of para-hydroxylation sites is 1. The zero-order chi connectivity index (χ0) is 14.8. The molecule has 0 radical (unpaired) electrons. The molecule has 3 nitrogen and oxygen atoms in total. The lowest BCUT2D eigenvalue weighted by Crippen LogP contribution is -2.22. The van der Waals surface area contributed by atoms with Crippen molar-refractivity contribution in [2.24, 2.45) is 0 Å². The number of unbranched alkanes of at least 4 members (excludes halogenated alkanes) is 1. The van der Waals surface area contributed by atoms with Gasteiger partial charge in [-0.15, -0.1) is 6.58 Å². The number of benzene rings is 1. The lowest BCUT2D eigenvalue weighted by molar-refractivity contribution is 0.271. The molecule has 1 aromatic carbocycles. The van der Waals surface area contributed by atoms with Crippen LogP contribution < -0.4 is 14.8 Å². The van der Waals surface area contributed by atoms with E-state index in [4.69, 9.17) is 9.47 Å². The lowest BCUT2D eigenvalue weighted by Gasteiger charge is -2.17. The minimum Gasteiger partial charge on any atom is -0.490 e. The molecular weight excluding hydrogens is 250 g/mol. The quantitative estimate of drug-likeness (QED) is 0.519. The van der Waals surface area contributed by atoms with Gasteiger partial charge in [0.2, 0.25) is 0 Å². The molecule has 0 unspecified atom stereocenters. The van der Waals surface area contributed by atoms with E-state index in [-0.39, 0.29) is 0 Å². The van der Waals surface area contributed by atoms with Crippen LogP contribution in [-0.4, -0.2) is 19.3 Å². The molecule has 1 N–H and O–H groups in total. The van der Waals surface area contributed by atoms with Gasteiger partial charge < -0.3 is 14.8 Å². The molecule has 112 valence electrons. The molecule has 0 aliphatic rings. The highest BCUT2D eigenvalue weighted by atomic mass is 16.5. The van der Waals surface area contributed by atoms with Crippen molar-refractivity contribution in [2.45, 2.75) is 46.2 Å². The van der Waals surface area contributed by atoms with Crippen molar-refractivity contribution in [3.8, 4) is 11.5 Å². The van der Waals surface area contributed by atoms with E-state index in [0.717, 1.165) is 36.4 Å². The second-order valence-corrected chi connectivity index (χ2v) is 4.99. The molecule has 20 heavy (non-hydrogen) atoms. The summed E-state index contributed by atoms with van der Waals surface area (Å²) in [5.74, 6) is 1.70. The Morgan fingerprint density at radius 3 is 2.75 bits per heavy atom. The molecule has 0 saturated heterocycles. The van der Waals surface area contributed by atoms with Gasteiger partial charge in [-0.2, -0.15) is 0 Å². The summed E-state index contributed by atoms with van der Waals surface area (Å²) in [4.78, 5) is 0. The van der Waals surface area contributed by atoms with Crippen LogP contribution in [0.15, 0.2) is 30.9 Å². The Morgan fingerprint density at radius 1 is 1.30 bits per heavy atom. The predicted octanol–water partition coefficient (Wildman–Crippen LogP) is 3.93. The van der Waals surface area contributed by atoms with E-state index in [1.165, 1.54) is 0 Å². The normalized spacial score (nSPS) is 10.6. The monoisotopic (exact) mass is 277 g/mol. The third kappa shape index (κ3) is 5.66. The second-order valence-electron chi connectivity index (χ2n) is 4.99. The van der Waals surface area contributed by atoms with Crippen LogP contribution in [-0.2, 0) is 6.54 Å². The Labute approximate surface area is 123 Å². The highest BCUT2D eigenvalue weighted by molar-refractivity contribution is 5.46. The minimum absolute atomic E-state index is 0.444. The zero-order valence-electron chi connectivity index (χ0n) is 12.9. The highest BCUT2D eigenvalue weighted by Crippen LogP contribution is 2.31. The topological polar surface area (TPSA) is 30.5 Å². The van der Waals surface area contributed by atoms with Crippen LogP contribution in [0, 0.1) is 0 Å². The highest BCUT2D eigenvalue weighted by Gasteiger charge is 2.11. The van der Waals surface area contributed by atoms with Crippen molar-refractivity contribution in [3.05, 3.63) is 36.4 Å². The van der Waals surface area contributed by atoms with Crippen LogP contribution in [0.2, 0.25) is 0 Å². The summed E-state index contributed by atoms with van der Waals surface area (Å²) in [6.45, 7) is 12.1. The molecule has 1 rings (SSSR count). The maximum absolute atomic E-state index is 5.94. The molecule has 0 saturated carbocycles. The van der Waals surface area contributed by atoms with E-state index in [1.54, 1.807) is 0 Å². The Morgan fingerprint density at radius 2 is 2.10 bits per heavy atom. The van der Waals surface area contributed by atoms with E-state index in [0.29, 0.717) is 19.3 Å². The molecular formula is C17H27NO2. The second kappa shape index (κ2) is 9.43. The molecule has 0 aromatic heterocycles. The standard InChI is InChI=1S/C17H27NO2/c1-5-7-8-12-20-17-15(13-18-14(3)4)10-9-11-16(17)19-6-2/h5,9-11,14,18H,1,6-8,12-13H2,2-4H3. The first kappa shape index (κ1) is 16.6.